The quantitative estimate of drug-likeness (QED) is 0.540. The third kappa shape index (κ3) is 3.98. The maximum Gasteiger partial charge on any atom is 0.127 e. The highest BCUT2D eigenvalue weighted by Gasteiger charge is 2.15. The summed E-state index contributed by atoms with van der Waals surface area (Å²) in [4.78, 5) is 4.74. The number of benzene rings is 1. The molecule has 2 rings (SSSR count). The van der Waals surface area contributed by atoms with Crippen LogP contribution in [0.5, 0.6) is 0 Å². The number of para-hydroxylation sites is 1. The zero-order chi connectivity index (χ0) is 15.4. The van der Waals surface area contributed by atoms with Crippen LogP contribution in [0.2, 0.25) is 0 Å². The van der Waals surface area contributed by atoms with Crippen molar-refractivity contribution in [2.24, 2.45) is 0 Å². The number of hydrogen-bond donors (Lipinski definition) is 0. The fourth-order valence-corrected chi connectivity index (χ4v) is 2.70. The zero-order valence-corrected chi connectivity index (χ0v) is 14.2. The molecule has 1 aromatic carbocycles. The number of ether oxygens (including phenoxy) is 1. The van der Waals surface area contributed by atoms with Crippen molar-refractivity contribution in [1.82, 2.24) is 9.55 Å². The number of fused-ring (bicyclic) bond motifs is 1. The summed E-state index contributed by atoms with van der Waals surface area (Å²) in [7, 11) is 0. The molecule has 0 N–H and O–H groups in total. The van der Waals surface area contributed by atoms with E-state index in [9.17, 15) is 0 Å². The molecule has 0 aliphatic rings. The van der Waals surface area contributed by atoms with Gasteiger partial charge in [0, 0.05) is 13.2 Å². The molecule has 0 amide bonds. The molecule has 2 aromatic rings. The fourth-order valence-electron chi connectivity index (χ4n) is 2.53. The Kier molecular flexibility index (Phi) is 5.65. The molecule has 0 aliphatic heterocycles. The Hall–Kier alpha value is -1.06. The average Bonchev–Trinajstić information content (AvgIpc) is 2.79. The Morgan fingerprint density at radius 3 is 2.67 bits per heavy atom. The molecular formula is C17H25ClN2O. The van der Waals surface area contributed by atoms with Gasteiger partial charge < -0.3 is 9.30 Å². The van der Waals surface area contributed by atoms with Crippen molar-refractivity contribution in [3.63, 3.8) is 0 Å². The van der Waals surface area contributed by atoms with Crippen molar-refractivity contribution in [2.45, 2.75) is 58.6 Å². The number of nitrogens with zero attached hydrogens (tertiary/aromatic N) is 2. The Balaban J connectivity index is 2.13. The number of aryl methyl sites for hydroxylation is 2. The van der Waals surface area contributed by atoms with Gasteiger partial charge in [-0.05, 0) is 52.2 Å². The third-order valence-electron chi connectivity index (χ3n) is 3.59. The Morgan fingerprint density at radius 2 is 2.00 bits per heavy atom. The largest absolute Gasteiger partial charge is 0.379 e. The standard InChI is InChI=1S/C17H25ClN2O/c1-12(2)21-11-6-5-10-20-15-9-7-8-13(3)16(15)19-17(20)14(4)18/h7-9,12,14H,5-6,10-11H2,1-4H3. The Morgan fingerprint density at radius 1 is 1.24 bits per heavy atom. The van der Waals surface area contributed by atoms with Crippen molar-refractivity contribution < 1.29 is 4.74 Å². The third-order valence-corrected chi connectivity index (χ3v) is 3.79. The van der Waals surface area contributed by atoms with Crippen LogP contribution >= 0.6 is 11.6 Å². The van der Waals surface area contributed by atoms with Crippen molar-refractivity contribution in [3.05, 3.63) is 29.6 Å². The summed E-state index contributed by atoms with van der Waals surface area (Å²) in [6.07, 6.45) is 2.43. The predicted octanol–water partition coefficient (Wildman–Crippen LogP) is 4.85. The van der Waals surface area contributed by atoms with E-state index in [1.54, 1.807) is 0 Å². The van der Waals surface area contributed by atoms with Gasteiger partial charge in [0.2, 0.25) is 0 Å². The highest BCUT2D eigenvalue weighted by Crippen LogP contribution is 2.26. The van der Waals surface area contributed by atoms with E-state index in [0.717, 1.165) is 37.3 Å². The first kappa shape index (κ1) is 16.3. The molecule has 1 unspecified atom stereocenters. The van der Waals surface area contributed by atoms with E-state index in [1.165, 1.54) is 11.1 Å². The fraction of sp³-hybridized carbons (Fsp3) is 0.588. The lowest BCUT2D eigenvalue weighted by atomic mass is 10.2. The zero-order valence-electron chi connectivity index (χ0n) is 13.4. The summed E-state index contributed by atoms with van der Waals surface area (Å²) in [6.45, 7) is 9.97. The molecule has 1 heterocycles. The van der Waals surface area contributed by atoms with Crippen LogP contribution in [0, 0.1) is 6.92 Å². The number of alkyl halides is 1. The topological polar surface area (TPSA) is 27.1 Å². The van der Waals surface area contributed by atoms with Crippen LogP contribution in [0.15, 0.2) is 18.2 Å². The first-order valence-corrected chi connectivity index (χ1v) is 8.15. The smallest absolute Gasteiger partial charge is 0.127 e. The summed E-state index contributed by atoms with van der Waals surface area (Å²) in [5, 5.41) is -0.0799. The van der Waals surface area contributed by atoms with Crippen LogP contribution in [-0.2, 0) is 11.3 Å². The average molecular weight is 309 g/mol. The van der Waals surface area contributed by atoms with Gasteiger partial charge in [-0.1, -0.05) is 12.1 Å². The van der Waals surface area contributed by atoms with Crippen molar-refractivity contribution in [3.8, 4) is 0 Å². The van der Waals surface area contributed by atoms with E-state index < -0.39 is 0 Å². The van der Waals surface area contributed by atoms with Gasteiger partial charge in [-0.15, -0.1) is 11.6 Å². The molecule has 0 aliphatic carbocycles. The highest BCUT2D eigenvalue weighted by molar-refractivity contribution is 6.20. The number of aromatic nitrogens is 2. The molecule has 21 heavy (non-hydrogen) atoms. The van der Waals surface area contributed by atoms with Crippen LogP contribution in [0.3, 0.4) is 0 Å². The lowest BCUT2D eigenvalue weighted by Crippen LogP contribution is -2.07. The molecule has 1 atom stereocenters. The number of imidazole rings is 1. The lowest BCUT2D eigenvalue weighted by Gasteiger charge is -2.11. The van der Waals surface area contributed by atoms with Crippen LogP contribution in [0.4, 0.5) is 0 Å². The van der Waals surface area contributed by atoms with E-state index in [2.05, 4.69) is 43.5 Å². The maximum atomic E-state index is 6.31. The van der Waals surface area contributed by atoms with Gasteiger partial charge in [0.15, 0.2) is 0 Å². The molecular weight excluding hydrogens is 284 g/mol. The van der Waals surface area contributed by atoms with E-state index in [-0.39, 0.29) is 5.38 Å². The molecule has 1 aromatic heterocycles. The predicted molar refractivity (Wildman–Crippen MR) is 89.1 cm³/mol. The van der Waals surface area contributed by atoms with Gasteiger partial charge in [-0.25, -0.2) is 4.98 Å². The molecule has 0 saturated carbocycles. The van der Waals surface area contributed by atoms with E-state index in [1.807, 2.05) is 6.92 Å². The second-order valence-electron chi connectivity index (χ2n) is 5.81. The van der Waals surface area contributed by atoms with Crippen molar-refractivity contribution in [1.29, 1.82) is 0 Å². The minimum absolute atomic E-state index is 0.0799. The maximum absolute atomic E-state index is 6.31. The minimum Gasteiger partial charge on any atom is -0.379 e. The summed E-state index contributed by atoms with van der Waals surface area (Å²) in [6, 6.07) is 6.31. The Bertz CT molecular complexity index is 590. The number of halogens is 1. The summed E-state index contributed by atoms with van der Waals surface area (Å²) >= 11 is 6.31. The SMILES string of the molecule is Cc1cccc2c1nc(C(C)Cl)n2CCCCOC(C)C. The minimum atomic E-state index is -0.0799. The summed E-state index contributed by atoms with van der Waals surface area (Å²) in [5.41, 5.74) is 3.45. The van der Waals surface area contributed by atoms with E-state index >= 15 is 0 Å². The van der Waals surface area contributed by atoms with Gasteiger partial charge in [0.05, 0.1) is 22.5 Å². The van der Waals surface area contributed by atoms with Crippen LogP contribution in [-0.4, -0.2) is 22.3 Å². The number of rotatable bonds is 7. The number of hydrogen-bond acceptors (Lipinski definition) is 2. The van der Waals surface area contributed by atoms with Crippen LogP contribution in [0.1, 0.15) is 50.4 Å². The normalized spacial score (nSPS) is 13.2. The second kappa shape index (κ2) is 7.28. The molecule has 3 nitrogen and oxygen atoms in total. The van der Waals surface area contributed by atoms with Crippen molar-refractivity contribution in [2.75, 3.05) is 6.61 Å². The Labute approximate surface area is 132 Å². The summed E-state index contributed by atoms with van der Waals surface area (Å²) in [5.74, 6) is 0.964. The second-order valence-corrected chi connectivity index (χ2v) is 6.46. The van der Waals surface area contributed by atoms with Gasteiger partial charge in [0.1, 0.15) is 5.82 Å². The molecule has 4 heteroatoms. The van der Waals surface area contributed by atoms with Crippen LogP contribution in [0.25, 0.3) is 11.0 Å². The summed E-state index contributed by atoms with van der Waals surface area (Å²) < 4.78 is 7.85. The first-order chi connectivity index (χ1) is 10.0. The van der Waals surface area contributed by atoms with Crippen molar-refractivity contribution >= 4 is 22.6 Å². The molecule has 0 saturated heterocycles. The van der Waals surface area contributed by atoms with E-state index in [4.69, 9.17) is 21.3 Å². The van der Waals surface area contributed by atoms with Gasteiger partial charge in [0.25, 0.3) is 0 Å². The lowest BCUT2D eigenvalue weighted by molar-refractivity contribution is 0.0754. The first-order valence-electron chi connectivity index (χ1n) is 7.72. The molecule has 116 valence electrons. The monoisotopic (exact) mass is 308 g/mol. The molecule has 0 bridgehead atoms. The van der Waals surface area contributed by atoms with Gasteiger partial charge in [-0.2, -0.15) is 0 Å². The molecule has 0 fully saturated rings. The van der Waals surface area contributed by atoms with Crippen LogP contribution < -0.4 is 0 Å². The van der Waals surface area contributed by atoms with E-state index in [0.29, 0.717) is 6.10 Å². The van der Waals surface area contributed by atoms with Gasteiger partial charge in [-0.3, -0.25) is 0 Å². The van der Waals surface area contributed by atoms with Gasteiger partial charge >= 0.3 is 0 Å². The molecule has 0 radical (unpaired) electrons. The number of unbranched alkanes of at least 4 members (excludes halogenated alkanes) is 1. The molecule has 0 spiro atoms. The highest BCUT2D eigenvalue weighted by atomic mass is 35.5.